The first-order chi connectivity index (χ1) is 17.7. The Labute approximate surface area is 217 Å². The predicted molar refractivity (Wildman–Crippen MR) is 145 cm³/mol. The third kappa shape index (κ3) is 6.46. The van der Waals surface area contributed by atoms with Gasteiger partial charge in [0.05, 0.1) is 18.3 Å². The zero-order chi connectivity index (χ0) is 26.5. The van der Waals surface area contributed by atoms with E-state index in [0.29, 0.717) is 43.7 Å². The lowest BCUT2D eigenvalue weighted by Gasteiger charge is -2.29. The number of aliphatic hydroxyl groups excluding tert-OH is 1. The highest BCUT2D eigenvalue weighted by Gasteiger charge is 2.31. The van der Waals surface area contributed by atoms with Gasteiger partial charge in [-0.25, -0.2) is 4.79 Å². The standard InChI is InChI=1S/C29H34N4O4/c1-31(2)24-12-8-22(9-13-24)21-6-4-20(5-7-21)19-33(29(37)23-10-15-26(34)16-11-23)27-18-25(32(3)30-27)14-17-28(35)36/h4-9,12-14,17-18,23,26,34H,10-11,15-16,19H2,1-3H3,(H,35,36). The fraction of sp³-hybridized carbons (Fsp3) is 0.345. The van der Waals surface area contributed by atoms with Crippen molar-refractivity contribution >= 4 is 29.5 Å². The predicted octanol–water partition coefficient (Wildman–Crippen LogP) is 4.34. The third-order valence-corrected chi connectivity index (χ3v) is 6.90. The number of hydrogen-bond acceptors (Lipinski definition) is 5. The fourth-order valence-electron chi connectivity index (χ4n) is 4.66. The van der Waals surface area contributed by atoms with E-state index in [1.807, 2.05) is 26.2 Å². The summed E-state index contributed by atoms with van der Waals surface area (Å²) in [6.45, 7) is 0.344. The molecule has 1 aliphatic carbocycles. The van der Waals surface area contributed by atoms with Gasteiger partial charge in [-0.15, -0.1) is 0 Å². The minimum Gasteiger partial charge on any atom is -0.478 e. The topological polar surface area (TPSA) is 98.9 Å². The number of aromatic nitrogens is 2. The Morgan fingerprint density at radius 2 is 1.59 bits per heavy atom. The smallest absolute Gasteiger partial charge is 0.328 e. The summed E-state index contributed by atoms with van der Waals surface area (Å²) in [6, 6.07) is 18.2. The molecule has 8 nitrogen and oxygen atoms in total. The van der Waals surface area contributed by atoms with Crippen LogP contribution in [-0.2, 0) is 23.2 Å². The number of nitrogens with zero attached hydrogens (tertiary/aromatic N) is 4. The van der Waals surface area contributed by atoms with Crippen LogP contribution in [0.15, 0.2) is 60.7 Å². The summed E-state index contributed by atoms with van der Waals surface area (Å²) in [7, 11) is 5.75. The van der Waals surface area contributed by atoms with Crippen LogP contribution in [0.5, 0.6) is 0 Å². The normalized spacial score (nSPS) is 17.6. The van der Waals surface area contributed by atoms with E-state index in [2.05, 4.69) is 46.4 Å². The molecule has 0 spiro atoms. The summed E-state index contributed by atoms with van der Waals surface area (Å²) in [5, 5.41) is 23.4. The first-order valence-corrected chi connectivity index (χ1v) is 12.5. The molecule has 1 amide bonds. The van der Waals surface area contributed by atoms with Crippen LogP contribution in [-0.4, -0.2) is 52.1 Å². The summed E-state index contributed by atoms with van der Waals surface area (Å²) < 4.78 is 1.57. The van der Waals surface area contributed by atoms with Crippen molar-refractivity contribution in [3.05, 3.63) is 71.9 Å². The van der Waals surface area contributed by atoms with Crippen LogP contribution in [0.1, 0.15) is 36.9 Å². The van der Waals surface area contributed by atoms with Gasteiger partial charge in [-0.2, -0.15) is 5.10 Å². The molecular formula is C29H34N4O4. The lowest BCUT2D eigenvalue weighted by molar-refractivity contribution is -0.131. The molecule has 1 heterocycles. The molecule has 1 fully saturated rings. The maximum atomic E-state index is 13.7. The molecule has 8 heteroatoms. The number of carboxylic acids is 1. The maximum absolute atomic E-state index is 13.7. The molecule has 3 aromatic rings. The van der Waals surface area contributed by atoms with E-state index in [1.165, 1.54) is 6.08 Å². The Kier molecular flexibility index (Phi) is 8.08. The van der Waals surface area contributed by atoms with Crippen LogP contribution in [0, 0.1) is 5.92 Å². The summed E-state index contributed by atoms with van der Waals surface area (Å²) in [4.78, 5) is 28.4. The molecule has 0 saturated heterocycles. The molecule has 2 aromatic carbocycles. The lowest BCUT2D eigenvalue weighted by atomic mass is 9.86. The van der Waals surface area contributed by atoms with Gasteiger partial charge in [0.2, 0.25) is 5.91 Å². The van der Waals surface area contributed by atoms with Gasteiger partial charge in [0, 0.05) is 44.9 Å². The highest BCUT2D eigenvalue weighted by molar-refractivity contribution is 5.94. The zero-order valence-electron chi connectivity index (χ0n) is 21.5. The van der Waals surface area contributed by atoms with Gasteiger partial charge in [-0.3, -0.25) is 14.4 Å². The van der Waals surface area contributed by atoms with Crippen LogP contribution in [0.4, 0.5) is 11.5 Å². The minimum atomic E-state index is -1.05. The van der Waals surface area contributed by atoms with Crippen molar-refractivity contribution in [2.45, 2.75) is 38.3 Å². The second-order valence-corrected chi connectivity index (χ2v) is 9.79. The Morgan fingerprint density at radius 1 is 1.00 bits per heavy atom. The fourth-order valence-corrected chi connectivity index (χ4v) is 4.66. The third-order valence-electron chi connectivity index (χ3n) is 6.90. The van der Waals surface area contributed by atoms with Crippen LogP contribution in [0.3, 0.4) is 0 Å². The van der Waals surface area contributed by atoms with E-state index in [-0.39, 0.29) is 17.9 Å². The van der Waals surface area contributed by atoms with Crippen molar-refractivity contribution in [2.75, 3.05) is 23.9 Å². The average Bonchev–Trinajstić information content (AvgIpc) is 3.26. The molecule has 0 bridgehead atoms. The van der Waals surface area contributed by atoms with E-state index in [0.717, 1.165) is 28.5 Å². The van der Waals surface area contributed by atoms with Crippen LogP contribution in [0.2, 0.25) is 0 Å². The second kappa shape index (κ2) is 11.4. The minimum absolute atomic E-state index is 0.0258. The number of rotatable bonds is 8. The molecule has 0 unspecified atom stereocenters. The van der Waals surface area contributed by atoms with E-state index in [1.54, 1.807) is 22.7 Å². The summed E-state index contributed by atoms with van der Waals surface area (Å²) >= 11 is 0. The van der Waals surface area contributed by atoms with Crippen molar-refractivity contribution in [3.8, 4) is 11.1 Å². The number of aliphatic hydroxyl groups is 1. The molecule has 194 valence electrons. The van der Waals surface area contributed by atoms with Crippen LogP contribution in [0.25, 0.3) is 17.2 Å². The molecule has 1 aliphatic rings. The average molecular weight is 503 g/mol. The maximum Gasteiger partial charge on any atom is 0.328 e. The highest BCUT2D eigenvalue weighted by Crippen LogP contribution is 2.30. The molecule has 0 radical (unpaired) electrons. The summed E-state index contributed by atoms with van der Waals surface area (Å²) in [6.07, 6.45) is 4.67. The van der Waals surface area contributed by atoms with Gasteiger partial charge in [-0.05, 0) is 60.6 Å². The molecule has 4 rings (SSSR count). The quantitative estimate of drug-likeness (QED) is 0.445. The van der Waals surface area contributed by atoms with Crippen molar-refractivity contribution < 1.29 is 19.8 Å². The van der Waals surface area contributed by atoms with Crippen LogP contribution >= 0.6 is 0 Å². The van der Waals surface area contributed by atoms with Crippen molar-refractivity contribution in [1.29, 1.82) is 0 Å². The van der Waals surface area contributed by atoms with E-state index in [9.17, 15) is 14.7 Å². The Bertz CT molecular complexity index is 1250. The Hall–Kier alpha value is -3.91. The number of aryl methyl sites for hydroxylation is 1. The molecule has 1 saturated carbocycles. The number of carboxylic acid groups (broad SMARTS) is 1. The van der Waals surface area contributed by atoms with E-state index >= 15 is 0 Å². The number of aliphatic carboxylic acids is 1. The van der Waals surface area contributed by atoms with Gasteiger partial charge in [-0.1, -0.05) is 36.4 Å². The van der Waals surface area contributed by atoms with Crippen molar-refractivity contribution in [2.24, 2.45) is 13.0 Å². The SMILES string of the molecule is CN(C)c1ccc(-c2ccc(CN(C(=O)C3CCC(O)CC3)c3cc(C=CC(=O)O)n(C)n3)cc2)cc1. The van der Waals surface area contributed by atoms with Crippen LogP contribution < -0.4 is 9.80 Å². The molecule has 0 atom stereocenters. The van der Waals surface area contributed by atoms with Gasteiger partial charge < -0.3 is 15.1 Å². The van der Waals surface area contributed by atoms with Crippen molar-refractivity contribution in [1.82, 2.24) is 9.78 Å². The second-order valence-electron chi connectivity index (χ2n) is 9.79. The Morgan fingerprint density at radius 3 is 2.16 bits per heavy atom. The summed E-state index contributed by atoms with van der Waals surface area (Å²) in [5.74, 6) is -0.778. The zero-order valence-corrected chi connectivity index (χ0v) is 21.5. The molecule has 2 N–H and O–H groups in total. The molecular weight excluding hydrogens is 468 g/mol. The highest BCUT2D eigenvalue weighted by atomic mass is 16.4. The van der Waals surface area contributed by atoms with Gasteiger partial charge in [0.15, 0.2) is 5.82 Å². The molecule has 1 aromatic heterocycles. The number of benzene rings is 2. The van der Waals surface area contributed by atoms with Gasteiger partial charge >= 0.3 is 5.97 Å². The van der Waals surface area contributed by atoms with Crippen molar-refractivity contribution in [3.63, 3.8) is 0 Å². The lowest BCUT2D eigenvalue weighted by Crippen LogP contribution is -2.38. The number of amides is 1. The number of hydrogen-bond donors (Lipinski definition) is 2. The first-order valence-electron chi connectivity index (χ1n) is 12.5. The summed E-state index contributed by atoms with van der Waals surface area (Å²) in [5.41, 5.74) is 4.90. The number of carbonyl (C=O) groups is 2. The first kappa shape index (κ1) is 26.2. The largest absolute Gasteiger partial charge is 0.478 e. The Balaban J connectivity index is 1.59. The monoisotopic (exact) mass is 502 g/mol. The number of anilines is 2. The van der Waals surface area contributed by atoms with Gasteiger partial charge in [0.1, 0.15) is 0 Å². The van der Waals surface area contributed by atoms with E-state index in [4.69, 9.17) is 5.11 Å². The molecule has 37 heavy (non-hydrogen) atoms. The van der Waals surface area contributed by atoms with Gasteiger partial charge in [0.25, 0.3) is 0 Å². The van der Waals surface area contributed by atoms with E-state index < -0.39 is 5.97 Å². The number of carbonyl (C=O) groups excluding carboxylic acids is 1. The molecule has 0 aliphatic heterocycles.